The molecule has 1 aliphatic heterocycles. The highest BCUT2D eigenvalue weighted by molar-refractivity contribution is 7.87. The van der Waals surface area contributed by atoms with Crippen LogP contribution < -0.4 is 4.72 Å². The van der Waals surface area contributed by atoms with Gasteiger partial charge in [0.1, 0.15) is 29.3 Å². The Morgan fingerprint density at radius 3 is 2.41 bits per heavy atom. The van der Waals surface area contributed by atoms with E-state index in [0.29, 0.717) is 0 Å². The van der Waals surface area contributed by atoms with Crippen molar-refractivity contribution in [3.8, 4) is 11.1 Å². The predicted molar refractivity (Wildman–Crippen MR) is 114 cm³/mol. The minimum atomic E-state index is -3.86. The lowest BCUT2D eigenvalue weighted by atomic mass is 9.92. The minimum Gasteiger partial charge on any atom is -0.332 e. The highest BCUT2D eigenvalue weighted by Crippen LogP contribution is 2.59. The van der Waals surface area contributed by atoms with Crippen LogP contribution in [-0.4, -0.2) is 62.9 Å². The first kappa shape index (κ1) is 24.6. The molecule has 2 fully saturated rings. The predicted octanol–water partition coefficient (Wildman–Crippen LogP) is 2.90. The van der Waals surface area contributed by atoms with Gasteiger partial charge in [0.05, 0.1) is 24.1 Å². The zero-order valence-corrected chi connectivity index (χ0v) is 19.1. The number of rotatable bonds is 7. The van der Waals surface area contributed by atoms with Crippen LogP contribution in [0.3, 0.4) is 0 Å². The Bertz CT molecular complexity index is 1220. The fourth-order valence-corrected chi connectivity index (χ4v) is 4.81. The molecule has 0 aromatic heterocycles. The van der Waals surface area contributed by atoms with Crippen molar-refractivity contribution in [3.05, 3.63) is 59.4 Å². The summed E-state index contributed by atoms with van der Waals surface area (Å²) in [6.07, 6.45) is -1.85. The Kier molecular flexibility index (Phi) is 6.19. The molecule has 12 heteroatoms. The van der Waals surface area contributed by atoms with E-state index < -0.39 is 69.5 Å². The van der Waals surface area contributed by atoms with E-state index >= 15 is 4.39 Å². The van der Waals surface area contributed by atoms with Crippen molar-refractivity contribution in [2.45, 2.75) is 24.3 Å². The number of likely N-dealkylation sites (tertiary alicyclic amines) is 1. The third-order valence-electron chi connectivity index (χ3n) is 6.28. The maximum absolute atomic E-state index is 15.9. The maximum atomic E-state index is 15.9. The van der Waals surface area contributed by atoms with Gasteiger partial charge in [-0.1, -0.05) is 12.1 Å². The van der Waals surface area contributed by atoms with Crippen molar-refractivity contribution >= 4 is 16.1 Å². The second-order valence-corrected chi connectivity index (χ2v) is 10.6. The molecule has 4 atom stereocenters. The van der Waals surface area contributed by atoms with Crippen molar-refractivity contribution in [1.29, 1.82) is 0 Å². The Morgan fingerprint density at radius 2 is 1.82 bits per heavy atom. The van der Waals surface area contributed by atoms with Crippen LogP contribution in [-0.2, 0) is 20.7 Å². The van der Waals surface area contributed by atoms with Gasteiger partial charge in [0.15, 0.2) is 0 Å². The monoisotopic (exact) mass is 503 g/mol. The van der Waals surface area contributed by atoms with E-state index in [1.54, 1.807) is 0 Å². The topological polar surface area (TPSA) is 69.7 Å². The molecule has 1 aliphatic carbocycles. The summed E-state index contributed by atoms with van der Waals surface area (Å²) in [6.45, 7) is -0.736. The van der Waals surface area contributed by atoms with Gasteiger partial charge in [-0.2, -0.15) is 17.4 Å². The van der Waals surface area contributed by atoms with Gasteiger partial charge in [0, 0.05) is 27.1 Å². The Labute approximate surface area is 193 Å². The van der Waals surface area contributed by atoms with Gasteiger partial charge in [0.25, 0.3) is 10.2 Å². The first-order valence-corrected chi connectivity index (χ1v) is 11.9. The average Bonchev–Trinajstić information content (AvgIpc) is 3.43. The van der Waals surface area contributed by atoms with Crippen LogP contribution in [0.15, 0.2) is 36.4 Å². The Balaban J connectivity index is 1.58. The third kappa shape index (κ3) is 4.18. The van der Waals surface area contributed by atoms with Crippen LogP contribution in [0.2, 0.25) is 0 Å². The van der Waals surface area contributed by atoms with Gasteiger partial charge >= 0.3 is 0 Å². The smallest absolute Gasteiger partial charge is 0.279 e. The van der Waals surface area contributed by atoms with E-state index in [1.165, 1.54) is 14.1 Å². The van der Waals surface area contributed by atoms with Crippen molar-refractivity contribution in [2.24, 2.45) is 5.92 Å². The van der Waals surface area contributed by atoms with Crippen molar-refractivity contribution < 1.29 is 35.2 Å². The SMILES string of the molecule is CN(C)S(=O)(=O)NC[C@@H]1[C@H](F)CN1C(=O)[C@@H]1C[C@@]1(F)c1ccc(F)cc1-c1c(F)cccc1F. The zero-order chi connectivity index (χ0) is 25.0. The fraction of sp³-hybridized carbons (Fsp3) is 0.409. The number of halogens is 5. The summed E-state index contributed by atoms with van der Waals surface area (Å²) in [5.41, 5.74) is -3.56. The van der Waals surface area contributed by atoms with Crippen LogP contribution in [0.25, 0.3) is 11.1 Å². The van der Waals surface area contributed by atoms with E-state index in [-0.39, 0.29) is 24.1 Å². The molecule has 2 aliphatic rings. The van der Waals surface area contributed by atoms with E-state index in [1.807, 2.05) is 0 Å². The molecule has 1 saturated heterocycles. The number of carbonyl (C=O) groups is 1. The van der Waals surface area contributed by atoms with Crippen LogP contribution in [0, 0.1) is 23.4 Å². The van der Waals surface area contributed by atoms with E-state index in [4.69, 9.17) is 0 Å². The standard InChI is InChI=1S/C22H22F5N3O3S/c1-29(2)34(32,33)28-10-19-18(26)11-30(19)21(31)15-9-22(15,27)14-7-6-12(23)8-13(14)20-16(24)4-3-5-17(20)25/h3-8,15,18-19,28H,9-11H2,1-2H3/t15-,18+,19+,22+/m0/s1. The Hall–Kier alpha value is -2.57. The van der Waals surface area contributed by atoms with Crippen LogP contribution >= 0.6 is 0 Å². The molecular formula is C22H22F5N3O3S. The summed E-state index contributed by atoms with van der Waals surface area (Å²) in [5, 5.41) is 0. The molecule has 6 nitrogen and oxygen atoms in total. The molecule has 1 N–H and O–H groups in total. The van der Waals surface area contributed by atoms with Crippen LogP contribution in [0.1, 0.15) is 12.0 Å². The lowest BCUT2D eigenvalue weighted by molar-refractivity contribution is -0.147. The number of alkyl halides is 2. The van der Waals surface area contributed by atoms with Gasteiger partial charge in [-0.25, -0.2) is 22.0 Å². The second kappa shape index (κ2) is 8.58. The molecule has 1 saturated carbocycles. The van der Waals surface area contributed by atoms with Crippen molar-refractivity contribution in [1.82, 2.24) is 13.9 Å². The molecule has 0 unspecified atom stereocenters. The molecule has 34 heavy (non-hydrogen) atoms. The summed E-state index contributed by atoms with van der Waals surface area (Å²) in [4.78, 5) is 14.0. The molecule has 2 aromatic rings. The summed E-state index contributed by atoms with van der Waals surface area (Å²) >= 11 is 0. The third-order valence-corrected chi connectivity index (χ3v) is 7.77. The number of benzene rings is 2. The molecule has 0 spiro atoms. The summed E-state index contributed by atoms with van der Waals surface area (Å²) in [5.74, 6) is -4.92. The highest BCUT2D eigenvalue weighted by Gasteiger charge is 2.64. The zero-order valence-electron chi connectivity index (χ0n) is 18.2. The van der Waals surface area contributed by atoms with Crippen LogP contribution in [0.4, 0.5) is 22.0 Å². The summed E-state index contributed by atoms with van der Waals surface area (Å²) in [7, 11) is -1.31. The van der Waals surface area contributed by atoms with Gasteiger partial charge in [-0.3, -0.25) is 4.79 Å². The maximum Gasteiger partial charge on any atom is 0.279 e. The lowest BCUT2D eigenvalue weighted by Gasteiger charge is -2.44. The number of nitrogens with one attached hydrogen (secondary N) is 1. The molecular weight excluding hydrogens is 481 g/mol. The Morgan fingerprint density at radius 1 is 1.18 bits per heavy atom. The van der Waals surface area contributed by atoms with Gasteiger partial charge < -0.3 is 4.90 Å². The quantitative estimate of drug-likeness (QED) is 0.591. The second-order valence-electron chi connectivity index (χ2n) is 8.62. The van der Waals surface area contributed by atoms with E-state index in [0.717, 1.165) is 45.6 Å². The van der Waals surface area contributed by atoms with Crippen molar-refractivity contribution in [3.63, 3.8) is 0 Å². The lowest BCUT2D eigenvalue weighted by Crippen LogP contribution is -2.65. The van der Waals surface area contributed by atoms with E-state index in [9.17, 15) is 30.8 Å². The minimum absolute atomic E-state index is 0.251. The molecule has 184 valence electrons. The summed E-state index contributed by atoms with van der Waals surface area (Å²) in [6, 6.07) is 4.67. The largest absolute Gasteiger partial charge is 0.332 e. The van der Waals surface area contributed by atoms with E-state index in [2.05, 4.69) is 4.72 Å². The molecule has 0 radical (unpaired) electrons. The average molecular weight is 503 g/mol. The molecule has 2 aromatic carbocycles. The number of hydrogen-bond donors (Lipinski definition) is 1. The van der Waals surface area contributed by atoms with Gasteiger partial charge in [0.2, 0.25) is 5.91 Å². The first-order chi connectivity index (χ1) is 15.9. The van der Waals surface area contributed by atoms with Crippen LogP contribution in [0.5, 0.6) is 0 Å². The first-order valence-electron chi connectivity index (χ1n) is 10.4. The summed E-state index contributed by atoms with van der Waals surface area (Å²) < 4.78 is 99.5. The van der Waals surface area contributed by atoms with Crippen molar-refractivity contribution in [2.75, 3.05) is 27.2 Å². The number of nitrogens with zero attached hydrogens (tertiary/aromatic N) is 2. The normalized spacial score (nSPS) is 26.5. The molecule has 0 bridgehead atoms. The molecule has 1 heterocycles. The van der Waals surface area contributed by atoms with Gasteiger partial charge in [-0.15, -0.1) is 0 Å². The molecule has 1 amide bonds. The highest BCUT2D eigenvalue weighted by atomic mass is 32.2. The molecule has 4 rings (SSSR count). The number of hydrogen-bond acceptors (Lipinski definition) is 3. The number of amides is 1. The van der Waals surface area contributed by atoms with Gasteiger partial charge in [-0.05, 0) is 35.4 Å². The number of carbonyl (C=O) groups excluding carboxylic acids is 1. The fourth-order valence-electron chi connectivity index (χ4n) is 4.17.